The summed E-state index contributed by atoms with van der Waals surface area (Å²) in [6.07, 6.45) is 7.13. The van der Waals surface area contributed by atoms with Crippen molar-refractivity contribution in [3.63, 3.8) is 0 Å². The van der Waals surface area contributed by atoms with Crippen molar-refractivity contribution in [1.29, 1.82) is 0 Å². The predicted molar refractivity (Wildman–Crippen MR) is 78.3 cm³/mol. The Morgan fingerprint density at radius 3 is 2.42 bits per heavy atom. The molecule has 0 heterocycles. The van der Waals surface area contributed by atoms with Gasteiger partial charge in [-0.1, -0.05) is 35.4 Å². The van der Waals surface area contributed by atoms with Gasteiger partial charge in [-0.2, -0.15) is 0 Å². The number of nitrogens with one attached hydrogen (secondary N) is 1. The van der Waals surface area contributed by atoms with Crippen molar-refractivity contribution >= 4 is 28.9 Å². The number of anilines is 1. The quantitative estimate of drug-likeness (QED) is 0.762. The normalized spacial score (nSPS) is 29.8. The van der Waals surface area contributed by atoms with E-state index < -0.39 is 5.82 Å². The zero-order valence-corrected chi connectivity index (χ0v) is 12.2. The SMILES string of the molecule is CC(Nc1c(Cl)cc(F)cc1Cl)C1CC2C=CC1C2. The van der Waals surface area contributed by atoms with Crippen molar-refractivity contribution in [3.05, 3.63) is 40.1 Å². The summed E-state index contributed by atoms with van der Waals surface area (Å²) < 4.78 is 13.2. The third-order valence-corrected chi connectivity index (χ3v) is 4.95. The minimum Gasteiger partial charge on any atom is -0.380 e. The molecule has 1 aromatic rings. The highest BCUT2D eigenvalue weighted by atomic mass is 35.5. The number of benzene rings is 1. The minimum atomic E-state index is -0.406. The Balaban J connectivity index is 1.77. The number of rotatable bonds is 3. The highest BCUT2D eigenvalue weighted by molar-refractivity contribution is 6.39. The molecule has 0 spiro atoms. The fourth-order valence-electron chi connectivity index (χ4n) is 3.41. The summed E-state index contributed by atoms with van der Waals surface area (Å²) in [4.78, 5) is 0. The molecular weight excluding hydrogens is 284 g/mol. The Bertz CT molecular complexity index is 506. The van der Waals surface area contributed by atoms with E-state index in [0.717, 1.165) is 5.92 Å². The van der Waals surface area contributed by atoms with Gasteiger partial charge in [-0.25, -0.2) is 4.39 Å². The molecule has 3 rings (SSSR count). The molecule has 102 valence electrons. The maximum Gasteiger partial charge on any atom is 0.126 e. The molecule has 1 saturated carbocycles. The molecule has 0 aromatic heterocycles. The Morgan fingerprint density at radius 1 is 1.21 bits per heavy atom. The number of hydrogen-bond acceptors (Lipinski definition) is 1. The van der Waals surface area contributed by atoms with Crippen LogP contribution >= 0.6 is 23.2 Å². The Kier molecular flexibility index (Phi) is 3.48. The summed E-state index contributed by atoms with van der Waals surface area (Å²) in [5.41, 5.74) is 0.643. The van der Waals surface area contributed by atoms with Crippen LogP contribution < -0.4 is 5.32 Å². The lowest BCUT2D eigenvalue weighted by Crippen LogP contribution is -2.29. The summed E-state index contributed by atoms with van der Waals surface area (Å²) in [6.45, 7) is 2.15. The maximum absolute atomic E-state index is 13.2. The van der Waals surface area contributed by atoms with Crippen LogP contribution in [0.4, 0.5) is 10.1 Å². The lowest BCUT2D eigenvalue weighted by atomic mass is 9.87. The third-order valence-electron chi connectivity index (χ3n) is 4.35. The largest absolute Gasteiger partial charge is 0.380 e. The lowest BCUT2D eigenvalue weighted by Gasteiger charge is -2.27. The van der Waals surface area contributed by atoms with Crippen LogP contribution in [-0.4, -0.2) is 6.04 Å². The fraction of sp³-hybridized carbons (Fsp3) is 0.467. The first-order valence-corrected chi connectivity index (χ1v) is 7.39. The number of halogens is 3. The average Bonchev–Trinajstić information content (AvgIpc) is 2.95. The Hall–Kier alpha value is -0.730. The van der Waals surface area contributed by atoms with E-state index in [1.165, 1.54) is 25.0 Å². The van der Waals surface area contributed by atoms with E-state index in [0.29, 0.717) is 27.6 Å². The number of allylic oxidation sites excluding steroid dienone is 2. The molecular formula is C15H16Cl2FN. The molecule has 2 aliphatic rings. The molecule has 1 nitrogen and oxygen atoms in total. The van der Waals surface area contributed by atoms with E-state index in [4.69, 9.17) is 23.2 Å². The zero-order valence-electron chi connectivity index (χ0n) is 10.7. The van der Waals surface area contributed by atoms with Gasteiger partial charge in [-0.15, -0.1) is 0 Å². The van der Waals surface area contributed by atoms with Gasteiger partial charge in [-0.3, -0.25) is 0 Å². The summed E-state index contributed by atoms with van der Waals surface area (Å²) in [5.74, 6) is 1.59. The number of fused-ring (bicyclic) bond motifs is 2. The number of hydrogen-bond donors (Lipinski definition) is 1. The monoisotopic (exact) mass is 299 g/mol. The van der Waals surface area contributed by atoms with Gasteiger partial charge in [0, 0.05) is 6.04 Å². The van der Waals surface area contributed by atoms with Crippen LogP contribution in [0.5, 0.6) is 0 Å². The molecule has 2 bridgehead atoms. The summed E-state index contributed by atoms with van der Waals surface area (Å²) >= 11 is 12.1. The molecule has 0 radical (unpaired) electrons. The van der Waals surface area contributed by atoms with Gasteiger partial charge in [0.15, 0.2) is 0 Å². The van der Waals surface area contributed by atoms with E-state index in [2.05, 4.69) is 24.4 Å². The zero-order chi connectivity index (χ0) is 13.6. The fourth-order valence-corrected chi connectivity index (χ4v) is 3.98. The van der Waals surface area contributed by atoms with Crippen LogP contribution in [0, 0.1) is 23.6 Å². The standard InChI is InChI=1S/C15H16Cl2FN/c1-8(12-5-9-2-3-10(12)4-9)19-15-13(16)6-11(18)7-14(15)17/h2-3,6-10,12,19H,4-5H2,1H3. The van der Waals surface area contributed by atoms with Crippen molar-refractivity contribution in [3.8, 4) is 0 Å². The van der Waals surface area contributed by atoms with Crippen molar-refractivity contribution in [2.75, 3.05) is 5.32 Å². The smallest absolute Gasteiger partial charge is 0.126 e. The molecule has 4 unspecified atom stereocenters. The van der Waals surface area contributed by atoms with Crippen LogP contribution in [0.3, 0.4) is 0 Å². The van der Waals surface area contributed by atoms with Gasteiger partial charge in [0.25, 0.3) is 0 Å². The van der Waals surface area contributed by atoms with Crippen molar-refractivity contribution < 1.29 is 4.39 Å². The van der Waals surface area contributed by atoms with Crippen LogP contribution in [0.15, 0.2) is 24.3 Å². The van der Waals surface area contributed by atoms with Crippen molar-refractivity contribution in [2.45, 2.75) is 25.8 Å². The van der Waals surface area contributed by atoms with Gasteiger partial charge < -0.3 is 5.32 Å². The van der Waals surface area contributed by atoms with Crippen LogP contribution in [0.1, 0.15) is 19.8 Å². The predicted octanol–water partition coefficient (Wildman–Crippen LogP) is 5.15. The molecule has 4 atom stereocenters. The summed E-state index contributed by atoms with van der Waals surface area (Å²) in [7, 11) is 0. The minimum absolute atomic E-state index is 0.278. The molecule has 1 N–H and O–H groups in total. The van der Waals surface area contributed by atoms with Gasteiger partial charge in [0.05, 0.1) is 15.7 Å². The first-order chi connectivity index (χ1) is 9.04. The van der Waals surface area contributed by atoms with Crippen LogP contribution in [0.2, 0.25) is 10.0 Å². The molecule has 0 aliphatic heterocycles. The molecule has 1 aromatic carbocycles. The Labute approximate surface area is 122 Å². The van der Waals surface area contributed by atoms with E-state index in [9.17, 15) is 4.39 Å². The average molecular weight is 300 g/mol. The topological polar surface area (TPSA) is 12.0 Å². The summed E-state index contributed by atoms with van der Waals surface area (Å²) in [6, 6.07) is 2.87. The highest BCUT2D eigenvalue weighted by Crippen LogP contribution is 2.46. The molecule has 0 amide bonds. The van der Waals surface area contributed by atoms with E-state index in [1.54, 1.807) is 0 Å². The first kappa shape index (κ1) is 13.3. The van der Waals surface area contributed by atoms with Gasteiger partial charge in [-0.05, 0) is 49.7 Å². The summed E-state index contributed by atoms with van der Waals surface area (Å²) in [5, 5.41) is 4.05. The van der Waals surface area contributed by atoms with Crippen molar-refractivity contribution in [1.82, 2.24) is 0 Å². The molecule has 4 heteroatoms. The maximum atomic E-state index is 13.2. The van der Waals surface area contributed by atoms with Gasteiger partial charge in [0.1, 0.15) is 5.82 Å². The van der Waals surface area contributed by atoms with E-state index in [-0.39, 0.29) is 6.04 Å². The first-order valence-electron chi connectivity index (χ1n) is 6.64. The second kappa shape index (κ2) is 4.99. The molecule has 1 fully saturated rings. The Morgan fingerprint density at radius 2 is 1.89 bits per heavy atom. The lowest BCUT2D eigenvalue weighted by molar-refractivity contribution is 0.400. The second-order valence-corrected chi connectivity index (χ2v) is 6.44. The second-order valence-electron chi connectivity index (χ2n) is 5.62. The molecule has 0 saturated heterocycles. The highest BCUT2D eigenvalue weighted by Gasteiger charge is 2.38. The molecule has 2 aliphatic carbocycles. The van der Waals surface area contributed by atoms with E-state index in [1.807, 2.05) is 0 Å². The third kappa shape index (κ3) is 2.48. The van der Waals surface area contributed by atoms with Gasteiger partial charge >= 0.3 is 0 Å². The molecule has 19 heavy (non-hydrogen) atoms. The van der Waals surface area contributed by atoms with Gasteiger partial charge in [0.2, 0.25) is 0 Å². The van der Waals surface area contributed by atoms with Crippen LogP contribution in [0.25, 0.3) is 0 Å². The van der Waals surface area contributed by atoms with E-state index >= 15 is 0 Å². The van der Waals surface area contributed by atoms with Crippen molar-refractivity contribution in [2.24, 2.45) is 17.8 Å². The van der Waals surface area contributed by atoms with Crippen LogP contribution in [-0.2, 0) is 0 Å².